The minimum atomic E-state index is -3.40. The van der Waals surface area contributed by atoms with Gasteiger partial charge in [-0.2, -0.15) is 0 Å². The van der Waals surface area contributed by atoms with Crippen molar-refractivity contribution in [2.75, 3.05) is 25.4 Å². The van der Waals surface area contributed by atoms with Crippen molar-refractivity contribution in [3.8, 4) is 0 Å². The summed E-state index contributed by atoms with van der Waals surface area (Å²) in [5.41, 5.74) is 0.976. The molecule has 1 amide bonds. The van der Waals surface area contributed by atoms with Gasteiger partial charge in [0.25, 0.3) is 0 Å². The van der Waals surface area contributed by atoms with E-state index in [-0.39, 0.29) is 18.2 Å². The molecule has 1 aliphatic heterocycles. The Morgan fingerprint density at radius 3 is 2.45 bits per heavy atom. The molecule has 0 radical (unpaired) electrons. The van der Waals surface area contributed by atoms with Crippen molar-refractivity contribution in [1.82, 2.24) is 9.62 Å². The third kappa shape index (κ3) is 4.61. The lowest BCUT2D eigenvalue weighted by molar-refractivity contribution is -0.128. The zero-order valence-electron chi connectivity index (χ0n) is 11.4. The Morgan fingerprint density at radius 2 is 1.80 bits per heavy atom. The van der Waals surface area contributed by atoms with Crippen LogP contribution in [0.5, 0.6) is 0 Å². The highest BCUT2D eigenvalue weighted by molar-refractivity contribution is 7.89. The Kier molecular flexibility index (Phi) is 5.14. The predicted octanol–water partition coefficient (Wildman–Crippen LogP) is 0.771. The van der Waals surface area contributed by atoms with Gasteiger partial charge in [0.2, 0.25) is 15.9 Å². The Bertz CT molecular complexity index is 537. The van der Waals surface area contributed by atoms with E-state index in [0.29, 0.717) is 6.42 Å². The van der Waals surface area contributed by atoms with Crippen molar-refractivity contribution >= 4 is 15.9 Å². The third-order valence-electron chi connectivity index (χ3n) is 3.40. The third-order valence-corrected chi connectivity index (χ3v) is 4.73. The van der Waals surface area contributed by atoms with Gasteiger partial charge in [-0.05, 0) is 24.8 Å². The number of likely N-dealkylation sites (tertiary alicyclic amines) is 1. The van der Waals surface area contributed by atoms with Crippen LogP contribution >= 0.6 is 0 Å². The van der Waals surface area contributed by atoms with Gasteiger partial charge in [0.15, 0.2) is 0 Å². The van der Waals surface area contributed by atoms with Crippen molar-refractivity contribution in [3.05, 3.63) is 35.9 Å². The summed E-state index contributed by atoms with van der Waals surface area (Å²) in [5, 5.41) is 0. The number of carbonyl (C=O) groups excluding carboxylic acids is 1. The molecule has 0 spiro atoms. The van der Waals surface area contributed by atoms with Gasteiger partial charge in [-0.3, -0.25) is 4.79 Å². The fourth-order valence-corrected chi connectivity index (χ4v) is 3.21. The maximum absolute atomic E-state index is 11.8. The second-order valence-electron chi connectivity index (χ2n) is 4.96. The quantitative estimate of drug-likeness (QED) is 0.843. The Labute approximate surface area is 120 Å². The van der Waals surface area contributed by atoms with E-state index in [9.17, 15) is 13.2 Å². The molecule has 1 aliphatic rings. The van der Waals surface area contributed by atoms with Gasteiger partial charge in [0.1, 0.15) is 0 Å². The molecule has 0 bridgehead atoms. The Morgan fingerprint density at radius 1 is 1.15 bits per heavy atom. The van der Waals surface area contributed by atoms with Crippen molar-refractivity contribution in [2.24, 2.45) is 0 Å². The van der Waals surface area contributed by atoms with Gasteiger partial charge in [0.05, 0.1) is 12.3 Å². The maximum atomic E-state index is 11.8. The molecule has 0 atom stereocenters. The number of sulfonamides is 1. The number of nitrogens with zero attached hydrogens (tertiary/aromatic N) is 1. The molecule has 110 valence electrons. The van der Waals surface area contributed by atoms with E-state index < -0.39 is 10.0 Å². The predicted molar refractivity (Wildman–Crippen MR) is 77.7 cm³/mol. The summed E-state index contributed by atoms with van der Waals surface area (Å²) in [6.07, 6.45) is 2.47. The zero-order valence-corrected chi connectivity index (χ0v) is 12.2. The molecule has 1 heterocycles. The van der Waals surface area contributed by atoms with Crippen LogP contribution in [-0.2, 0) is 21.2 Å². The van der Waals surface area contributed by atoms with Gasteiger partial charge < -0.3 is 4.90 Å². The summed E-state index contributed by atoms with van der Waals surface area (Å²) in [5.74, 6) is -0.129. The zero-order chi connectivity index (χ0) is 14.4. The van der Waals surface area contributed by atoms with Crippen LogP contribution in [0.15, 0.2) is 30.3 Å². The number of hydrogen-bond donors (Lipinski definition) is 1. The molecule has 1 fully saturated rings. The maximum Gasteiger partial charge on any atom is 0.237 e. The number of amides is 1. The first-order valence-corrected chi connectivity index (χ1v) is 8.51. The molecule has 5 nitrogen and oxygen atoms in total. The van der Waals surface area contributed by atoms with Crippen molar-refractivity contribution in [2.45, 2.75) is 19.3 Å². The van der Waals surface area contributed by atoms with Crippen LogP contribution < -0.4 is 4.72 Å². The molecular formula is C14H20N2O3S. The Balaban J connectivity index is 1.77. The summed E-state index contributed by atoms with van der Waals surface area (Å²) in [4.78, 5) is 13.5. The monoisotopic (exact) mass is 296 g/mol. The fourth-order valence-electron chi connectivity index (χ4n) is 2.22. The molecule has 0 aliphatic carbocycles. The van der Waals surface area contributed by atoms with Crippen LogP contribution in [0.2, 0.25) is 0 Å². The average molecular weight is 296 g/mol. The molecule has 0 saturated carbocycles. The van der Waals surface area contributed by atoms with Crippen LogP contribution in [0.4, 0.5) is 0 Å². The topological polar surface area (TPSA) is 66.5 Å². The number of hydrogen-bond acceptors (Lipinski definition) is 3. The average Bonchev–Trinajstić information content (AvgIpc) is 2.98. The molecule has 1 N–H and O–H groups in total. The number of benzene rings is 1. The molecule has 0 unspecified atom stereocenters. The van der Waals surface area contributed by atoms with Crippen LogP contribution in [0.25, 0.3) is 0 Å². The standard InChI is InChI=1S/C14H20N2O3S/c17-14(16-9-4-5-10-16)12-15-20(18,19)11-8-13-6-2-1-3-7-13/h1-3,6-7,15H,4-5,8-12H2. The summed E-state index contributed by atoms with van der Waals surface area (Å²) < 4.78 is 26.1. The van der Waals surface area contributed by atoms with E-state index in [1.165, 1.54) is 0 Å². The van der Waals surface area contributed by atoms with Gasteiger partial charge in [-0.1, -0.05) is 30.3 Å². The van der Waals surface area contributed by atoms with Gasteiger partial charge >= 0.3 is 0 Å². The molecule has 1 aromatic rings. The lowest BCUT2D eigenvalue weighted by atomic mass is 10.2. The van der Waals surface area contributed by atoms with Crippen molar-refractivity contribution in [3.63, 3.8) is 0 Å². The largest absolute Gasteiger partial charge is 0.342 e. The number of aryl methyl sites for hydroxylation is 1. The van der Waals surface area contributed by atoms with Crippen LogP contribution in [0.1, 0.15) is 18.4 Å². The molecular weight excluding hydrogens is 276 g/mol. The fraction of sp³-hybridized carbons (Fsp3) is 0.500. The second-order valence-corrected chi connectivity index (χ2v) is 6.89. The number of rotatable bonds is 6. The summed E-state index contributed by atoms with van der Waals surface area (Å²) in [7, 11) is -3.40. The highest BCUT2D eigenvalue weighted by Crippen LogP contribution is 2.07. The number of nitrogens with one attached hydrogen (secondary N) is 1. The molecule has 20 heavy (non-hydrogen) atoms. The van der Waals surface area contributed by atoms with Crippen molar-refractivity contribution in [1.29, 1.82) is 0 Å². The van der Waals surface area contributed by atoms with Gasteiger partial charge in [0, 0.05) is 13.1 Å². The molecule has 1 aromatic carbocycles. The highest BCUT2D eigenvalue weighted by atomic mass is 32.2. The van der Waals surface area contributed by atoms with E-state index in [4.69, 9.17) is 0 Å². The summed E-state index contributed by atoms with van der Waals surface area (Å²) >= 11 is 0. The van der Waals surface area contributed by atoms with E-state index in [1.807, 2.05) is 30.3 Å². The van der Waals surface area contributed by atoms with Crippen LogP contribution in [0, 0.1) is 0 Å². The summed E-state index contributed by atoms with van der Waals surface area (Å²) in [6, 6.07) is 9.44. The van der Waals surface area contributed by atoms with E-state index >= 15 is 0 Å². The smallest absolute Gasteiger partial charge is 0.237 e. The first-order valence-electron chi connectivity index (χ1n) is 6.86. The first-order chi connectivity index (χ1) is 9.57. The molecule has 2 rings (SSSR count). The lowest BCUT2D eigenvalue weighted by Gasteiger charge is -2.15. The van der Waals surface area contributed by atoms with Crippen molar-refractivity contribution < 1.29 is 13.2 Å². The highest BCUT2D eigenvalue weighted by Gasteiger charge is 2.19. The molecule has 6 heteroatoms. The molecule has 0 aromatic heterocycles. The normalized spacial score (nSPS) is 15.5. The van der Waals surface area contributed by atoms with Gasteiger partial charge in [-0.15, -0.1) is 0 Å². The minimum absolute atomic E-state index is 0.00426. The Hall–Kier alpha value is -1.40. The van der Waals surface area contributed by atoms with Gasteiger partial charge in [-0.25, -0.2) is 13.1 Å². The van der Waals surface area contributed by atoms with Crippen LogP contribution in [-0.4, -0.2) is 44.6 Å². The second kappa shape index (κ2) is 6.85. The van der Waals surface area contributed by atoms with E-state index in [1.54, 1.807) is 4.90 Å². The lowest BCUT2D eigenvalue weighted by Crippen LogP contribution is -2.39. The summed E-state index contributed by atoms with van der Waals surface area (Å²) in [6.45, 7) is 1.35. The minimum Gasteiger partial charge on any atom is -0.342 e. The first kappa shape index (κ1) is 15.0. The molecule has 1 saturated heterocycles. The SMILES string of the molecule is O=C(CNS(=O)(=O)CCc1ccccc1)N1CCCC1. The number of carbonyl (C=O) groups is 1. The van der Waals surface area contributed by atoms with Crippen LogP contribution in [0.3, 0.4) is 0 Å². The van der Waals surface area contributed by atoms with E-state index in [0.717, 1.165) is 31.5 Å². The van der Waals surface area contributed by atoms with E-state index in [2.05, 4.69) is 4.72 Å².